The number of halogens is 3. The van der Waals surface area contributed by atoms with Crippen LogP contribution in [0, 0.1) is 0 Å². The molecule has 0 saturated carbocycles. The standard InChI is InChI=1S/C10H11F3O/c1-7(10(11,12)13)9(14)8-5-3-2-4-6-8/h5H,1-4,6H2. The van der Waals surface area contributed by atoms with Gasteiger partial charge in [0.1, 0.15) is 0 Å². The Balaban J connectivity index is 2.75. The van der Waals surface area contributed by atoms with Crippen LogP contribution in [0.4, 0.5) is 13.2 Å². The van der Waals surface area contributed by atoms with Crippen molar-refractivity contribution in [3.05, 3.63) is 23.8 Å². The summed E-state index contributed by atoms with van der Waals surface area (Å²) in [5.74, 6) is -0.947. The van der Waals surface area contributed by atoms with E-state index >= 15 is 0 Å². The zero-order valence-electron chi connectivity index (χ0n) is 7.66. The van der Waals surface area contributed by atoms with Crippen molar-refractivity contribution >= 4 is 5.78 Å². The molecule has 0 aliphatic heterocycles. The first kappa shape index (κ1) is 11.0. The van der Waals surface area contributed by atoms with E-state index in [-0.39, 0.29) is 5.57 Å². The monoisotopic (exact) mass is 204 g/mol. The normalized spacial score (nSPS) is 17.5. The third kappa shape index (κ3) is 2.47. The van der Waals surface area contributed by atoms with Crippen molar-refractivity contribution in [1.82, 2.24) is 0 Å². The fraction of sp³-hybridized carbons (Fsp3) is 0.500. The fourth-order valence-electron chi connectivity index (χ4n) is 1.37. The first-order valence-corrected chi connectivity index (χ1v) is 4.43. The number of allylic oxidation sites excluding steroid dienone is 3. The number of hydrogen-bond donors (Lipinski definition) is 0. The molecule has 1 nitrogen and oxygen atoms in total. The van der Waals surface area contributed by atoms with Gasteiger partial charge >= 0.3 is 6.18 Å². The Hall–Kier alpha value is -1.06. The maximum Gasteiger partial charge on any atom is 0.419 e. The third-order valence-corrected chi connectivity index (χ3v) is 2.20. The van der Waals surface area contributed by atoms with Gasteiger partial charge in [-0.15, -0.1) is 0 Å². The van der Waals surface area contributed by atoms with Gasteiger partial charge in [-0.05, 0) is 31.3 Å². The van der Waals surface area contributed by atoms with Gasteiger partial charge in [0.05, 0.1) is 5.57 Å². The van der Waals surface area contributed by atoms with E-state index in [1.54, 1.807) is 6.08 Å². The molecule has 0 radical (unpaired) electrons. The Labute approximate surface area is 80.3 Å². The zero-order valence-corrected chi connectivity index (χ0v) is 7.66. The lowest BCUT2D eigenvalue weighted by molar-refractivity contribution is -0.125. The number of hydrogen-bond acceptors (Lipinski definition) is 1. The predicted molar refractivity (Wildman–Crippen MR) is 46.8 cm³/mol. The Bertz CT molecular complexity index is 286. The topological polar surface area (TPSA) is 17.1 Å². The van der Waals surface area contributed by atoms with Crippen LogP contribution in [-0.4, -0.2) is 12.0 Å². The summed E-state index contributed by atoms with van der Waals surface area (Å²) >= 11 is 0. The lowest BCUT2D eigenvalue weighted by Gasteiger charge is -2.14. The lowest BCUT2D eigenvalue weighted by Crippen LogP contribution is -2.21. The summed E-state index contributed by atoms with van der Waals surface area (Å²) in [6.45, 7) is 2.79. The molecule has 0 bridgehead atoms. The van der Waals surface area contributed by atoms with Crippen LogP contribution in [0.5, 0.6) is 0 Å². The molecule has 4 heteroatoms. The van der Waals surface area contributed by atoms with Crippen molar-refractivity contribution < 1.29 is 18.0 Å². The van der Waals surface area contributed by atoms with Gasteiger partial charge in [-0.3, -0.25) is 4.79 Å². The highest BCUT2D eigenvalue weighted by molar-refractivity contribution is 6.08. The van der Waals surface area contributed by atoms with Crippen molar-refractivity contribution in [3.8, 4) is 0 Å². The van der Waals surface area contributed by atoms with E-state index in [0.29, 0.717) is 12.8 Å². The Morgan fingerprint density at radius 2 is 2.00 bits per heavy atom. The van der Waals surface area contributed by atoms with Crippen LogP contribution in [0.2, 0.25) is 0 Å². The summed E-state index contributed by atoms with van der Waals surface area (Å²) in [4.78, 5) is 11.3. The molecular formula is C10H11F3O. The van der Waals surface area contributed by atoms with Gasteiger partial charge in [0.25, 0.3) is 0 Å². The van der Waals surface area contributed by atoms with E-state index in [4.69, 9.17) is 0 Å². The summed E-state index contributed by atoms with van der Waals surface area (Å²) in [7, 11) is 0. The van der Waals surface area contributed by atoms with Crippen molar-refractivity contribution in [1.29, 1.82) is 0 Å². The minimum absolute atomic E-state index is 0.263. The number of ketones is 1. The molecule has 0 heterocycles. The number of rotatable bonds is 2. The summed E-state index contributed by atoms with van der Waals surface area (Å²) in [5.41, 5.74) is -0.996. The van der Waals surface area contributed by atoms with Gasteiger partial charge in [0, 0.05) is 0 Å². The Kier molecular flexibility index (Phi) is 3.13. The van der Waals surface area contributed by atoms with E-state index in [1.807, 2.05) is 0 Å². The highest BCUT2D eigenvalue weighted by Gasteiger charge is 2.37. The summed E-state index contributed by atoms with van der Waals surface area (Å²) < 4.78 is 36.3. The molecule has 0 aromatic heterocycles. The zero-order chi connectivity index (χ0) is 10.8. The van der Waals surface area contributed by atoms with Crippen LogP contribution >= 0.6 is 0 Å². The van der Waals surface area contributed by atoms with Crippen LogP contribution in [0.15, 0.2) is 23.8 Å². The molecule has 78 valence electrons. The second-order valence-corrected chi connectivity index (χ2v) is 3.28. The molecule has 1 rings (SSSR count). The predicted octanol–water partition coefficient (Wildman–Crippen LogP) is 3.17. The van der Waals surface area contributed by atoms with Gasteiger partial charge in [0.15, 0.2) is 5.78 Å². The molecule has 14 heavy (non-hydrogen) atoms. The van der Waals surface area contributed by atoms with Crippen molar-refractivity contribution in [2.45, 2.75) is 31.9 Å². The summed E-state index contributed by atoms with van der Waals surface area (Å²) in [5, 5.41) is 0. The summed E-state index contributed by atoms with van der Waals surface area (Å²) in [6, 6.07) is 0. The van der Waals surface area contributed by atoms with Crippen molar-refractivity contribution in [2.24, 2.45) is 0 Å². The fourth-order valence-corrected chi connectivity index (χ4v) is 1.37. The van der Waals surface area contributed by atoms with Gasteiger partial charge in [-0.2, -0.15) is 13.2 Å². The van der Waals surface area contributed by atoms with Crippen LogP contribution in [0.1, 0.15) is 25.7 Å². The summed E-state index contributed by atoms with van der Waals surface area (Å²) in [6.07, 6.45) is -0.170. The molecule has 0 saturated heterocycles. The van der Waals surface area contributed by atoms with Crippen molar-refractivity contribution in [2.75, 3.05) is 0 Å². The smallest absolute Gasteiger partial charge is 0.289 e. The highest BCUT2D eigenvalue weighted by atomic mass is 19.4. The van der Waals surface area contributed by atoms with Crippen LogP contribution < -0.4 is 0 Å². The van der Waals surface area contributed by atoms with Gasteiger partial charge in [-0.1, -0.05) is 12.7 Å². The molecule has 0 N–H and O–H groups in total. The van der Waals surface area contributed by atoms with Crippen LogP contribution in [-0.2, 0) is 4.79 Å². The quantitative estimate of drug-likeness (QED) is 0.631. The molecular weight excluding hydrogens is 193 g/mol. The average molecular weight is 204 g/mol. The minimum Gasteiger partial charge on any atom is -0.289 e. The molecule has 0 fully saturated rings. The molecule has 0 amide bonds. The first-order valence-electron chi connectivity index (χ1n) is 4.43. The van der Waals surface area contributed by atoms with E-state index in [0.717, 1.165) is 12.8 Å². The van der Waals surface area contributed by atoms with E-state index in [9.17, 15) is 18.0 Å². The third-order valence-electron chi connectivity index (χ3n) is 2.20. The number of Topliss-reactive ketones (excluding diaryl/α,β-unsaturated/α-hetero) is 1. The molecule has 0 unspecified atom stereocenters. The SMILES string of the molecule is C=C(C(=O)C1=CCCCC1)C(F)(F)F. The Morgan fingerprint density at radius 1 is 1.36 bits per heavy atom. The maximum absolute atomic E-state index is 12.1. The van der Waals surface area contributed by atoms with Crippen LogP contribution in [0.3, 0.4) is 0 Å². The van der Waals surface area contributed by atoms with Gasteiger partial charge in [-0.25, -0.2) is 0 Å². The second kappa shape index (κ2) is 3.98. The van der Waals surface area contributed by atoms with Gasteiger partial charge in [0.2, 0.25) is 0 Å². The molecule has 0 spiro atoms. The highest BCUT2D eigenvalue weighted by Crippen LogP contribution is 2.29. The Morgan fingerprint density at radius 3 is 2.43 bits per heavy atom. The molecule has 0 atom stereocenters. The largest absolute Gasteiger partial charge is 0.419 e. The first-order chi connectivity index (χ1) is 6.43. The van der Waals surface area contributed by atoms with Crippen LogP contribution in [0.25, 0.3) is 0 Å². The van der Waals surface area contributed by atoms with Crippen molar-refractivity contribution in [3.63, 3.8) is 0 Å². The molecule has 0 aromatic carbocycles. The molecule has 1 aliphatic carbocycles. The molecule has 1 aliphatic rings. The molecule has 0 aromatic rings. The minimum atomic E-state index is -4.60. The lowest BCUT2D eigenvalue weighted by atomic mass is 9.93. The average Bonchev–Trinajstić information content (AvgIpc) is 2.15. The maximum atomic E-state index is 12.1. The number of alkyl halides is 3. The number of carbonyl (C=O) groups is 1. The second-order valence-electron chi connectivity index (χ2n) is 3.28. The number of carbonyl (C=O) groups excluding carboxylic acids is 1. The van der Waals surface area contributed by atoms with E-state index in [2.05, 4.69) is 6.58 Å². The van der Waals surface area contributed by atoms with E-state index < -0.39 is 17.5 Å². The van der Waals surface area contributed by atoms with E-state index in [1.165, 1.54) is 0 Å². The van der Waals surface area contributed by atoms with Gasteiger partial charge < -0.3 is 0 Å².